The summed E-state index contributed by atoms with van der Waals surface area (Å²) >= 11 is 0. The summed E-state index contributed by atoms with van der Waals surface area (Å²) in [5.74, 6) is 0.00129. The zero-order chi connectivity index (χ0) is 31.6. The molecule has 0 aliphatic heterocycles. The van der Waals surface area contributed by atoms with Crippen molar-refractivity contribution in [2.75, 3.05) is 39.8 Å². The van der Waals surface area contributed by atoms with Crippen LogP contribution >= 0.6 is 0 Å². The van der Waals surface area contributed by atoms with E-state index in [-0.39, 0.29) is 18.0 Å². The smallest absolute Gasteiger partial charge is 0.306 e. The minimum absolute atomic E-state index is 0.0139. The lowest BCUT2D eigenvalue weighted by Gasteiger charge is -2.22. The van der Waals surface area contributed by atoms with E-state index in [0.717, 1.165) is 70.9 Å². The van der Waals surface area contributed by atoms with Gasteiger partial charge in [-0.3, -0.25) is 9.59 Å². The molecule has 0 amide bonds. The van der Waals surface area contributed by atoms with Gasteiger partial charge in [0.1, 0.15) is 6.10 Å². The Balaban J connectivity index is 3.94. The molecule has 6 nitrogen and oxygen atoms in total. The maximum absolute atomic E-state index is 12.4. The molecule has 43 heavy (non-hydrogen) atoms. The summed E-state index contributed by atoms with van der Waals surface area (Å²) in [7, 11) is 2.03. The fourth-order valence-corrected chi connectivity index (χ4v) is 5.61. The van der Waals surface area contributed by atoms with Gasteiger partial charge >= 0.3 is 11.9 Å². The highest BCUT2D eigenvalue weighted by atomic mass is 16.5. The van der Waals surface area contributed by atoms with Crippen molar-refractivity contribution in [1.29, 1.82) is 0 Å². The minimum Gasteiger partial charge on any atom is -0.466 e. The van der Waals surface area contributed by atoms with Crippen molar-refractivity contribution in [2.45, 2.75) is 187 Å². The van der Waals surface area contributed by atoms with Crippen LogP contribution in [-0.4, -0.2) is 62.8 Å². The van der Waals surface area contributed by atoms with E-state index in [1.807, 2.05) is 7.05 Å². The molecule has 0 rings (SSSR count). The van der Waals surface area contributed by atoms with Gasteiger partial charge in [0, 0.05) is 12.8 Å². The lowest BCUT2D eigenvalue weighted by Crippen LogP contribution is -2.29. The van der Waals surface area contributed by atoms with Crippen molar-refractivity contribution < 1.29 is 19.1 Å². The van der Waals surface area contributed by atoms with Crippen molar-refractivity contribution >= 4 is 11.9 Å². The second-order valence-corrected chi connectivity index (χ2v) is 12.7. The number of esters is 2. The predicted molar refractivity (Wildman–Crippen MR) is 184 cm³/mol. The summed E-state index contributed by atoms with van der Waals surface area (Å²) in [5, 5.41) is 3.28. The number of carbonyl (C=O) groups is 2. The van der Waals surface area contributed by atoms with Crippen LogP contribution in [0.15, 0.2) is 0 Å². The van der Waals surface area contributed by atoms with Crippen LogP contribution in [0.3, 0.4) is 0 Å². The highest BCUT2D eigenvalue weighted by molar-refractivity contribution is 5.69. The van der Waals surface area contributed by atoms with Gasteiger partial charge in [-0.05, 0) is 91.0 Å². The summed E-state index contributed by atoms with van der Waals surface area (Å²) in [6.45, 7) is 11.8. The van der Waals surface area contributed by atoms with Crippen molar-refractivity contribution in [3.63, 3.8) is 0 Å². The third kappa shape index (κ3) is 30.7. The first-order chi connectivity index (χ1) is 21.1. The molecule has 0 radical (unpaired) electrons. The molecule has 0 aromatic carbocycles. The lowest BCUT2D eigenvalue weighted by atomic mass is 10.1. The Labute approximate surface area is 268 Å². The normalized spacial score (nSPS) is 12.1. The van der Waals surface area contributed by atoms with Gasteiger partial charge in [-0.15, -0.1) is 0 Å². The first-order valence-electron chi connectivity index (χ1n) is 18.8. The highest BCUT2D eigenvalue weighted by Gasteiger charge is 2.14. The molecule has 1 atom stereocenters. The number of rotatable bonds is 34. The van der Waals surface area contributed by atoms with Crippen molar-refractivity contribution in [3.8, 4) is 0 Å². The Morgan fingerprint density at radius 1 is 0.558 bits per heavy atom. The highest BCUT2D eigenvalue weighted by Crippen LogP contribution is 2.16. The van der Waals surface area contributed by atoms with E-state index < -0.39 is 0 Å². The average Bonchev–Trinajstić information content (AvgIpc) is 3.00. The van der Waals surface area contributed by atoms with E-state index in [1.54, 1.807) is 0 Å². The molecule has 0 aromatic rings. The maximum atomic E-state index is 12.4. The Bertz CT molecular complexity index is 601. The molecule has 1 N–H and O–H groups in total. The van der Waals surface area contributed by atoms with Crippen molar-refractivity contribution in [2.24, 2.45) is 0 Å². The lowest BCUT2D eigenvalue weighted by molar-refractivity contribution is -0.150. The Morgan fingerprint density at radius 3 is 1.67 bits per heavy atom. The SMILES string of the molecule is CCCCCCCOC(=O)CCCCCCCN(CCCCCCCC(=O)OC(CCCC)CCCCC)CCCNC. The molecule has 0 aliphatic rings. The average molecular weight is 611 g/mol. The molecule has 0 saturated heterocycles. The van der Waals surface area contributed by atoms with E-state index in [2.05, 4.69) is 31.0 Å². The van der Waals surface area contributed by atoms with Crippen LogP contribution < -0.4 is 5.32 Å². The van der Waals surface area contributed by atoms with Crippen LogP contribution in [0, 0.1) is 0 Å². The van der Waals surface area contributed by atoms with Crippen LogP contribution in [0.4, 0.5) is 0 Å². The minimum atomic E-state index is -0.0139. The molecule has 0 heterocycles. The van der Waals surface area contributed by atoms with Gasteiger partial charge in [0.15, 0.2) is 0 Å². The molecule has 0 bridgehead atoms. The van der Waals surface area contributed by atoms with E-state index >= 15 is 0 Å². The molecule has 256 valence electrons. The topological polar surface area (TPSA) is 67.9 Å². The van der Waals surface area contributed by atoms with Crippen LogP contribution in [-0.2, 0) is 19.1 Å². The van der Waals surface area contributed by atoms with E-state index in [1.165, 1.54) is 103 Å². The number of ether oxygens (including phenoxy) is 2. The fraction of sp³-hybridized carbons (Fsp3) is 0.946. The molecule has 0 fully saturated rings. The Morgan fingerprint density at radius 2 is 1.05 bits per heavy atom. The van der Waals surface area contributed by atoms with Crippen LogP contribution in [0.5, 0.6) is 0 Å². The molecular formula is C37H74N2O4. The van der Waals surface area contributed by atoms with Gasteiger partial charge in [0.05, 0.1) is 6.61 Å². The maximum Gasteiger partial charge on any atom is 0.306 e. The number of unbranched alkanes of at least 4 members (excludes halogenated alkanes) is 15. The molecule has 0 aromatic heterocycles. The molecule has 0 saturated carbocycles. The first kappa shape index (κ1) is 41.9. The zero-order valence-corrected chi connectivity index (χ0v) is 29.4. The van der Waals surface area contributed by atoms with Crippen LogP contribution in [0.2, 0.25) is 0 Å². The van der Waals surface area contributed by atoms with Gasteiger partial charge in [0.25, 0.3) is 0 Å². The second kappa shape index (κ2) is 33.7. The number of hydrogen-bond donors (Lipinski definition) is 1. The number of carbonyl (C=O) groups excluding carboxylic acids is 2. The Hall–Kier alpha value is -1.14. The summed E-state index contributed by atoms with van der Waals surface area (Å²) < 4.78 is 11.2. The number of nitrogens with zero attached hydrogens (tertiary/aromatic N) is 1. The van der Waals surface area contributed by atoms with E-state index in [0.29, 0.717) is 19.4 Å². The van der Waals surface area contributed by atoms with E-state index in [9.17, 15) is 9.59 Å². The molecule has 0 spiro atoms. The van der Waals surface area contributed by atoms with Gasteiger partial charge in [-0.25, -0.2) is 0 Å². The molecule has 1 unspecified atom stereocenters. The molecular weight excluding hydrogens is 536 g/mol. The summed E-state index contributed by atoms with van der Waals surface area (Å²) in [6, 6.07) is 0. The Kier molecular flexibility index (Phi) is 32.9. The molecule has 6 heteroatoms. The summed E-state index contributed by atoms with van der Waals surface area (Å²) in [5.41, 5.74) is 0. The first-order valence-corrected chi connectivity index (χ1v) is 18.8. The number of nitrogens with one attached hydrogen (secondary N) is 1. The van der Waals surface area contributed by atoms with Crippen molar-refractivity contribution in [1.82, 2.24) is 10.2 Å². The summed E-state index contributed by atoms with van der Waals surface area (Å²) in [6.07, 6.45) is 27.9. The van der Waals surface area contributed by atoms with E-state index in [4.69, 9.17) is 9.47 Å². The third-order valence-corrected chi connectivity index (χ3v) is 8.43. The predicted octanol–water partition coefficient (Wildman–Crippen LogP) is 9.78. The van der Waals surface area contributed by atoms with Crippen LogP contribution in [0.1, 0.15) is 181 Å². The van der Waals surface area contributed by atoms with Gasteiger partial charge < -0.3 is 19.7 Å². The zero-order valence-electron chi connectivity index (χ0n) is 29.4. The van der Waals surface area contributed by atoms with Crippen molar-refractivity contribution in [3.05, 3.63) is 0 Å². The second-order valence-electron chi connectivity index (χ2n) is 12.7. The van der Waals surface area contributed by atoms with Crippen LogP contribution in [0.25, 0.3) is 0 Å². The van der Waals surface area contributed by atoms with Gasteiger partial charge in [0.2, 0.25) is 0 Å². The third-order valence-electron chi connectivity index (χ3n) is 8.43. The van der Waals surface area contributed by atoms with Gasteiger partial charge in [-0.1, -0.05) is 111 Å². The monoisotopic (exact) mass is 611 g/mol. The standard InChI is InChI=1S/C37H74N2O4/c1-5-8-11-18-24-34-42-36(40)28-20-14-12-16-22-31-39(33-25-30-38-4)32-23-17-13-15-21-29-37(41)43-35(26-10-7-3)27-19-9-6-2/h35,38H,5-34H2,1-4H3. The largest absolute Gasteiger partial charge is 0.466 e. The quantitative estimate of drug-likeness (QED) is 0.0578. The van der Waals surface area contributed by atoms with Gasteiger partial charge in [-0.2, -0.15) is 0 Å². The fourth-order valence-electron chi connectivity index (χ4n) is 5.61. The molecule has 0 aliphatic carbocycles. The number of hydrogen-bond acceptors (Lipinski definition) is 6. The summed E-state index contributed by atoms with van der Waals surface area (Å²) in [4.78, 5) is 26.9.